The predicted octanol–water partition coefficient (Wildman–Crippen LogP) is 2.69. The fraction of sp³-hybridized carbons (Fsp3) is 0.417. The van der Waals surface area contributed by atoms with Crippen LogP contribution in [0.25, 0.3) is 0 Å². The molecule has 1 rings (SSSR count). The number of ether oxygens (including phenoxy) is 1. The van der Waals surface area contributed by atoms with Gasteiger partial charge in [-0.05, 0) is 30.7 Å². The highest BCUT2D eigenvalue weighted by atomic mass is 16.5. The van der Waals surface area contributed by atoms with Crippen LogP contribution < -0.4 is 5.32 Å². The molecule has 1 aromatic rings. The van der Waals surface area contributed by atoms with Gasteiger partial charge in [-0.15, -0.1) is 0 Å². The van der Waals surface area contributed by atoms with E-state index in [0.29, 0.717) is 12.2 Å². The summed E-state index contributed by atoms with van der Waals surface area (Å²) in [6.07, 6.45) is 1.95. The van der Waals surface area contributed by atoms with E-state index in [0.717, 1.165) is 18.5 Å². The third-order valence-electron chi connectivity index (χ3n) is 2.14. The van der Waals surface area contributed by atoms with Gasteiger partial charge in [-0.25, -0.2) is 4.79 Å². The number of hydrogen-bond acceptors (Lipinski definition) is 3. The number of unbranched alkanes of at least 4 members (excludes halogenated alkanes) is 1. The largest absolute Gasteiger partial charge is 0.462 e. The normalized spacial score (nSPS) is 9.73. The van der Waals surface area contributed by atoms with Crippen molar-refractivity contribution in [2.45, 2.75) is 19.8 Å². The number of nitrogens with one attached hydrogen (secondary N) is 1. The molecule has 0 saturated heterocycles. The van der Waals surface area contributed by atoms with Crippen LogP contribution in [0.3, 0.4) is 0 Å². The molecule has 0 heterocycles. The molecule has 1 N–H and O–H groups in total. The van der Waals surface area contributed by atoms with Crippen LogP contribution in [0.1, 0.15) is 30.1 Å². The first-order valence-corrected chi connectivity index (χ1v) is 5.23. The Morgan fingerprint density at radius 2 is 2.00 bits per heavy atom. The number of anilines is 1. The molecule has 3 heteroatoms. The number of carbonyl (C=O) groups is 1. The molecule has 1 aromatic carbocycles. The number of benzene rings is 1. The Morgan fingerprint density at radius 1 is 1.33 bits per heavy atom. The van der Waals surface area contributed by atoms with Crippen molar-refractivity contribution in [1.29, 1.82) is 0 Å². The number of carbonyl (C=O) groups excluding carboxylic acids is 1. The first-order valence-electron chi connectivity index (χ1n) is 5.23. The molecule has 0 aliphatic carbocycles. The van der Waals surface area contributed by atoms with E-state index in [2.05, 4.69) is 12.2 Å². The van der Waals surface area contributed by atoms with Gasteiger partial charge in [0.2, 0.25) is 0 Å². The molecule has 3 nitrogen and oxygen atoms in total. The lowest BCUT2D eigenvalue weighted by Crippen LogP contribution is -2.06. The molecule has 0 unspecified atom stereocenters. The van der Waals surface area contributed by atoms with Gasteiger partial charge in [0.05, 0.1) is 12.2 Å². The van der Waals surface area contributed by atoms with Gasteiger partial charge in [0.15, 0.2) is 0 Å². The van der Waals surface area contributed by atoms with Crippen LogP contribution in [0.5, 0.6) is 0 Å². The maximum atomic E-state index is 11.5. The van der Waals surface area contributed by atoms with Crippen LogP contribution in [0, 0.1) is 0 Å². The fourth-order valence-electron chi connectivity index (χ4n) is 1.17. The Kier molecular flexibility index (Phi) is 4.68. The van der Waals surface area contributed by atoms with Crippen LogP contribution >= 0.6 is 0 Å². The third kappa shape index (κ3) is 3.62. The van der Waals surface area contributed by atoms with Gasteiger partial charge in [0.25, 0.3) is 0 Å². The maximum absolute atomic E-state index is 11.5. The lowest BCUT2D eigenvalue weighted by atomic mass is 10.2. The van der Waals surface area contributed by atoms with E-state index in [4.69, 9.17) is 4.74 Å². The number of hydrogen-bond donors (Lipinski definition) is 1. The van der Waals surface area contributed by atoms with E-state index >= 15 is 0 Å². The van der Waals surface area contributed by atoms with E-state index in [9.17, 15) is 4.79 Å². The summed E-state index contributed by atoms with van der Waals surface area (Å²) in [5.74, 6) is -0.244. The molecule has 0 bridgehead atoms. The Hall–Kier alpha value is -1.51. The number of rotatable bonds is 5. The average Bonchev–Trinajstić information content (AvgIpc) is 2.29. The zero-order valence-electron chi connectivity index (χ0n) is 9.25. The van der Waals surface area contributed by atoms with Crippen LogP contribution in [0.2, 0.25) is 0 Å². The molecule has 0 saturated carbocycles. The van der Waals surface area contributed by atoms with Gasteiger partial charge in [0.1, 0.15) is 0 Å². The molecule has 0 amide bonds. The van der Waals surface area contributed by atoms with Crippen LogP contribution in [0.15, 0.2) is 24.3 Å². The first-order chi connectivity index (χ1) is 7.27. The first kappa shape index (κ1) is 11.6. The van der Waals surface area contributed by atoms with Gasteiger partial charge in [0, 0.05) is 12.7 Å². The summed E-state index contributed by atoms with van der Waals surface area (Å²) in [6, 6.07) is 7.24. The molecule has 0 spiro atoms. The summed E-state index contributed by atoms with van der Waals surface area (Å²) in [5.41, 5.74) is 1.59. The topological polar surface area (TPSA) is 38.3 Å². The zero-order valence-corrected chi connectivity index (χ0v) is 9.25. The van der Waals surface area contributed by atoms with Crippen molar-refractivity contribution in [3.05, 3.63) is 29.8 Å². The van der Waals surface area contributed by atoms with E-state index in [1.807, 2.05) is 19.2 Å². The number of esters is 1. The van der Waals surface area contributed by atoms with Crippen molar-refractivity contribution < 1.29 is 9.53 Å². The second kappa shape index (κ2) is 6.06. The van der Waals surface area contributed by atoms with E-state index in [-0.39, 0.29) is 5.97 Å². The summed E-state index contributed by atoms with van der Waals surface area (Å²) in [5, 5.41) is 2.99. The maximum Gasteiger partial charge on any atom is 0.338 e. The molecular formula is C12H17NO2. The lowest BCUT2D eigenvalue weighted by molar-refractivity contribution is 0.0500. The zero-order chi connectivity index (χ0) is 11.1. The molecule has 0 atom stereocenters. The Bertz CT molecular complexity index is 306. The highest BCUT2D eigenvalue weighted by molar-refractivity contribution is 5.89. The van der Waals surface area contributed by atoms with Crippen molar-refractivity contribution in [3.8, 4) is 0 Å². The van der Waals surface area contributed by atoms with Crippen molar-refractivity contribution in [3.63, 3.8) is 0 Å². The second-order valence-electron chi connectivity index (χ2n) is 3.32. The van der Waals surface area contributed by atoms with Crippen molar-refractivity contribution in [1.82, 2.24) is 0 Å². The van der Waals surface area contributed by atoms with Gasteiger partial charge >= 0.3 is 5.97 Å². The van der Waals surface area contributed by atoms with Crippen molar-refractivity contribution in [2.24, 2.45) is 0 Å². The Labute approximate surface area is 90.4 Å². The van der Waals surface area contributed by atoms with Gasteiger partial charge in [-0.3, -0.25) is 0 Å². The van der Waals surface area contributed by atoms with Crippen LogP contribution in [-0.4, -0.2) is 19.6 Å². The molecule has 15 heavy (non-hydrogen) atoms. The van der Waals surface area contributed by atoms with E-state index in [1.165, 1.54) is 0 Å². The van der Waals surface area contributed by atoms with E-state index < -0.39 is 0 Å². The smallest absolute Gasteiger partial charge is 0.338 e. The van der Waals surface area contributed by atoms with E-state index in [1.54, 1.807) is 12.1 Å². The Morgan fingerprint density at radius 3 is 2.53 bits per heavy atom. The summed E-state index contributed by atoms with van der Waals surface area (Å²) < 4.78 is 5.08. The molecule has 0 fully saturated rings. The second-order valence-corrected chi connectivity index (χ2v) is 3.32. The van der Waals surface area contributed by atoms with Crippen molar-refractivity contribution in [2.75, 3.05) is 19.0 Å². The Balaban J connectivity index is 2.50. The molecular weight excluding hydrogens is 190 g/mol. The van der Waals surface area contributed by atoms with Crippen LogP contribution in [-0.2, 0) is 4.74 Å². The molecule has 0 radical (unpaired) electrons. The van der Waals surface area contributed by atoms with Crippen LogP contribution in [0.4, 0.5) is 5.69 Å². The third-order valence-corrected chi connectivity index (χ3v) is 2.14. The standard InChI is InChI=1S/C12H17NO2/c1-3-4-9-15-12(14)10-5-7-11(13-2)8-6-10/h5-8,13H,3-4,9H2,1-2H3. The summed E-state index contributed by atoms with van der Waals surface area (Å²) in [7, 11) is 1.84. The SMILES string of the molecule is CCCCOC(=O)c1ccc(NC)cc1. The monoisotopic (exact) mass is 207 g/mol. The van der Waals surface area contributed by atoms with Gasteiger partial charge in [-0.1, -0.05) is 13.3 Å². The van der Waals surface area contributed by atoms with Gasteiger partial charge < -0.3 is 10.1 Å². The fourth-order valence-corrected chi connectivity index (χ4v) is 1.17. The summed E-state index contributed by atoms with van der Waals surface area (Å²) in [4.78, 5) is 11.5. The van der Waals surface area contributed by atoms with Crippen molar-refractivity contribution >= 4 is 11.7 Å². The molecule has 0 aromatic heterocycles. The highest BCUT2D eigenvalue weighted by Gasteiger charge is 2.05. The predicted molar refractivity (Wildman–Crippen MR) is 61.2 cm³/mol. The molecule has 0 aliphatic heterocycles. The average molecular weight is 207 g/mol. The molecule has 82 valence electrons. The molecule has 0 aliphatic rings. The quantitative estimate of drug-likeness (QED) is 0.596. The minimum atomic E-state index is -0.244. The summed E-state index contributed by atoms with van der Waals surface area (Å²) in [6.45, 7) is 2.57. The van der Waals surface area contributed by atoms with Gasteiger partial charge in [-0.2, -0.15) is 0 Å². The summed E-state index contributed by atoms with van der Waals surface area (Å²) >= 11 is 0. The highest BCUT2D eigenvalue weighted by Crippen LogP contribution is 2.09. The minimum Gasteiger partial charge on any atom is -0.462 e. The lowest BCUT2D eigenvalue weighted by Gasteiger charge is -2.04. The minimum absolute atomic E-state index is 0.244.